The fourth-order valence-electron chi connectivity index (χ4n) is 12.0. The number of benzene rings is 3. The van der Waals surface area contributed by atoms with Crippen LogP contribution < -0.4 is 10.9 Å². The van der Waals surface area contributed by atoms with Crippen molar-refractivity contribution in [3.8, 4) is 0 Å². The van der Waals surface area contributed by atoms with Crippen LogP contribution in [0.5, 0.6) is 0 Å². The van der Waals surface area contributed by atoms with E-state index in [1.54, 1.807) is 46.2 Å². The number of hydrogen-bond donors (Lipinski definition) is 2. The third-order valence-corrected chi connectivity index (χ3v) is 16.4. The topological polar surface area (TPSA) is 169 Å². The number of likely N-dealkylation sites (tertiary alicyclic amines) is 3. The summed E-state index contributed by atoms with van der Waals surface area (Å²) in [6.07, 6.45) is 11.3. The van der Waals surface area contributed by atoms with Crippen LogP contribution in [0.1, 0.15) is 127 Å². The number of piperazine rings is 1. The van der Waals surface area contributed by atoms with Crippen LogP contribution in [-0.2, 0) is 25.5 Å². The number of aromatic nitrogens is 2. The van der Waals surface area contributed by atoms with Gasteiger partial charge in [0.15, 0.2) is 0 Å². The maximum atomic E-state index is 16.3. The van der Waals surface area contributed by atoms with E-state index in [9.17, 15) is 28.8 Å². The van der Waals surface area contributed by atoms with Crippen molar-refractivity contribution >= 4 is 40.3 Å². The van der Waals surface area contributed by atoms with Gasteiger partial charge in [-0.05, 0) is 106 Å². The highest BCUT2D eigenvalue weighted by atomic mass is 19.1. The van der Waals surface area contributed by atoms with Gasteiger partial charge in [0.05, 0.1) is 41.0 Å². The van der Waals surface area contributed by atoms with Gasteiger partial charge in [-0.2, -0.15) is 5.10 Å². The van der Waals surface area contributed by atoms with Crippen molar-refractivity contribution in [1.82, 2.24) is 40.0 Å². The monoisotopic (exact) mass is 1000 g/mol. The molecule has 0 bridgehead atoms. The average molecular weight is 1000 g/mol. The molecule has 0 radical (unpaired) electrons. The quantitative estimate of drug-likeness (QED) is 0.162. The van der Waals surface area contributed by atoms with Crippen molar-refractivity contribution in [2.24, 2.45) is 11.8 Å². The Labute approximate surface area is 425 Å². The van der Waals surface area contributed by atoms with Gasteiger partial charge in [-0.15, -0.1) is 0 Å². The zero-order chi connectivity index (χ0) is 50.6. The molecule has 6 aliphatic rings. The summed E-state index contributed by atoms with van der Waals surface area (Å²) in [6, 6.07) is 15.8. The molecule has 1 aromatic heterocycles. The number of hydrogen-bond acceptors (Lipinski definition) is 9. The lowest BCUT2D eigenvalue weighted by molar-refractivity contribution is -0.140. The lowest BCUT2D eigenvalue weighted by atomic mass is 9.83. The number of fused-ring (bicyclic) bond motifs is 1. The molecule has 17 heteroatoms. The lowest BCUT2D eigenvalue weighted by Crippen LogP contribution is -2.55. The first kappa shape index (κ1) is 50.5. The highest BCUT2D eigenvalue weighted by Gasteiger charge is 2.39. The van der Waals surface area contributed by atoms with E-state index < -0.39 is 29.5 Å². The summed E-state index contributed by atoms with van der Waals surface area (Å²) in [5.74, 6) is -2.26. The number of ether oxygens (including phenoxy) is 1. The Kier molecular flexibility index (Phi) is 15.6. The molecule has 15 nitrogen and oxygen atoms in total. The van der Waals surface area contributed by atoms with E-state index in [1.165, 1.54) is 12.1 Å². The number of nitrogens with zero attached hydrogens (tertiary/aromatic N) is 6. The Hall–Kier alpha value is -6.07. The van der Waals surface area contributed by atoms with Crippen LogP contribution >= 0.6 is 0 Å². The van der Waals surface area contributed by atoms with Gasteiger partial charge in [0.1, 0.15) is 17.7 Å². The molecule has 4 aromatic rings. The summed E-state index contributed by atoms with van der Waals surface area (Å²) < 4.78 is 38.0. The molecule has 4 saturated heterocycles. The van der Waals surface area contributed by atoms with Crippen molar-refractivity contribution in [3.05, 3.63) is 111 Å². The molecular formula is C56H68F2N8O7. The van der Waals surface area contributed by atoms with Crippen LogP contribution in [0.4, 0.5) is 8.78 Å². The third-order valence-electron chi connectivity index (χ3n) is 16.4. The maximum Gasteiger partial charge on any atom is 0.272 e. The van der Waals surface area contributed by atoms with E-state index in [-0.39, 0.29) is 84.0 Å². The van der Waals surface area contributed by atoms with Crippen molar-refractivity contribution in [2.45, 2.75) is 114 Å². The normalized spacial score (nSPS) is 21.3. The number of rotatable bonds is 13. The molecule has 5 heterocycles. The summed E-state index contributed by atoms with van der Waals surface area (Å²) >= 11 is 0. The number of piperidine rings is 3. The first-order valence-corrected chi connectivity index (χ1v) is 26.8. The van der Waals surface area contributed by atoms with Gasteiger partial charge in [-0.1, -0.05) is 55.7 Å². The average Bonchev–Trinajstić information content (AvgIpc) is 4.28. The van der Waals surface area contributed by atoms with Gasteiger partial charge < -0.3 is 29.7 Å². The number of halogens is 2. The summed E-state index contributed by atoms with van der Waals surface area (Å²) in [6.45, 7) is 5.11. The Morgan fingerprint density at radius 2 is 1.38 bits per heavy atom. The Balaban J connectivity index is 0.664. The van der Waals surface area contributed by atoms with E-state index >= 15 is 8.78 Å². The summed E-state index contributed by atoms with van der Waals surface area (Å²) in [7, 11) is 0. The summed E-state index contributed by atoms with van der Waals surface area (Å²) in [4.78, 5) is 89.7. The summed E-state index contributed by atoms with van der Waals surface area (Å²) in [5.41, 5.74) is 1.36. The molecule has 388 valence electrons. The Bertz CT molecular complexity index is 2740. The minimum atomic E-state index is -0.748. The van der Waals surface area contributed by atoms with Gasteiger partial charge in [0, 0.05) is 89.1 Å². The SMILES string of the molecule is O=C(N[C@@H](C(=O)N1CCC(OC2CCN(CC(=O)N3CCN(C(=O)c4cc(Cc5n[nH]c(=O)c6ccccc56)ccc4F)CC3)CC2)CC1)C1CCCCC1)c1cccc([C@H]2CCCN(C(=O)C3CC3)C2)c1F. The van der Waals surface area contributed by atoms with Crippen LogP contribution in [0.15, 0.2) is 65.5 Å². The third kappa shape index (κ3) is 11.7. The van der Waals surface area contributed by atoms with E-state index in [0.29, 0.717) is 99.2 Å². The zero-order valence-corrected chi connectivity index (χ0v) is 41.7. The molecule has 2 N–H and O–H groups in total. The van der Waals surface area contributed by atoms with Gasteiger partial charge >= 0.3 is 0 Å². The minimum Gasteiger partial charge on any atom is -0.375 e. The second kappa shape index (κ2) is 22.6. The molecule has 2 aliphatic carbocycles. The summed E-state index contributed by atoms with van der Waals surface area (Å²) in [5, 5.41) is 11.0. The van der Waals surface area contributed by atoms with Crippen LogP contribution in [0.3, 0.4) is 0 Å². The van der Waals surface area contributed by atoms with Crippen LogP contribution in [0.25, 0.3) is 10.8 Å². The number of H-pyrrole nitrogens is 1. The van der Waals surface area contributed by atoms with E-state index in [0.717, 1.165) is 70.6 Å². The Morgan fingerprint density at radius 1 is 0.685 bits per heavy atom. The van der Waals surface area contributed by atoms with Crippen LogP contribution in [0.2, 0.25) is 0 Å². The maximum absolute atomic E-state index is 16.3. The van der Waals surface area contributed by atoms with Gasteiger partial charge in [0.25, 0.3) is 17.4 Å². The highest BCUT2D eigenvalue weighted by molar-refractivity contribution is 5.98. The molecule has 0 unspecified atom stereocenters. The second-order valence-corrected chi connectivity index (χ2v) is 21.3. The lowest BCUT2D eigenvalue weighted by Gasteiger charge is -2.40. The van der Waals surface area contributed by atoms with E-state index in [1.807, 2.05) is 21.9 Å². The molecule has 6 fully saturated rings. The fourth-order valence-corrected chi connectivity index (χ4v) is 12.0. The van der Waals surface area contributed by atoms with Crippen LogP contribution in [0, 0.1) is 23.5 Å². The molecule has 2 saturated carbocycles. The van der Waals surface area contributed by atoms with Gasteiger partial charge in [-0.25, -0.2) is 13.9 Å². The van der Waals surface area contributed by atoms with Crippen molar-refractivity contribution < 1.29 is 37.5 Å². The Morgan fingerprint density at radius 3 is 2.11 bits per heavy atom. The molecule has 3 aromatic carbocycles. The molecular weight excluding hydrogens is 935 g/mol. The van der Waals surface area contributed by atoms with E-state index in [4.69, 9.17) is 4.74 Å². The van der Waals surface area contributed by atoms with Crippen LogP contribution in [-0.4, -0.2) is 154 Å². The molecule has 4 aliphatic heterocycles. The predicted octanol–water partition coefficient (Wildman–Crippen LogP) is 6.04. The zero-order valence-electron chi connectivity index (χ0n) is 41.7. The first-order valence-electron chi connectivity index (χ1n) is 26.8. The smallest absolute Gasteiger partial charge is 0.272 e. The number of aromatic amines is 1. The van der Waals surface area contributed by atoms with E-state index in [2.05, 4.69) is 20.4 Å². The van der Waals surface area contributed by atoms with Crippen molar-refractivity contribution in [3.63, 3.8) is 0 Å². The molecule has 10 rings (SSSR count). The number of carbonyl (C=O) groups excluding carboxylic acids is 5. The van der Waals surface area contributed by atoms with Gasteiger partial charge in [0.2, 0.25) is 17.7 Å². The second-order valence-electron chi connectivity index (χ2n) is 21.3. The highest BCUT2D eigenvalue weighted by Crippen LogP contribution is 2.36. The minimum absolute atomic E-state index is 0.00711. The standard InChI is InChI=1S/C56H68F2N8O7/c57-47-18-15-36(33-48-43-11-4-5-12-44(43)53(69)61-60-48)32-46(47)55(71)65-30-28-63(29-31-65)49(67)35-62-24-19-40(20-25-62)73-41-21-26-64(27-22-41)56(72)51(37-8-2-1-3-9-37)59-52(68)45-14-6-13-42(50(45)58)39-10-7-23-66(34-39)54(70)38-16-17-38/h4-6,11-15,18,32,37-41,51H,1-3,7-10,16-17,19-31,33-35H2,(H,59,68)(H,61,69)/t39-,51+/m0/s1. The fraction of sp³-hybridized carbons (Fsp3) is 0.554. The molecule has 5 amide bonds. The van der Waals surface area contributed by atoms with Crippen molar-refractivity contribution in [2.75, 3.05) is 72.0 Å². The number of carbonyl (C=O) groups is 5. The molecule has 2 atom stereocenters. The number of nitrogens with one attached hydrogen (secondary N) is 2. The molecule has 73 heavy (non-hydrogen) atoms. The largest absolute Gasteiger partial charge is 0.375 e. The molecule has 0 spiro atoms. The van der Waals surface area contributed by atoms with Gasteiger partial charge in [-0.3, -0.25) is 33.7 Å². The van der Waals surface area contributed by atoms with Crippen molar-refractivity contribution in [1.29, 1.82) is 0 Å². The first-order chi connectivity index (χ1) is 35.5. The number of amides is 5. The predicted molar refractivity (Wildman–Crippen MR) is 270 cm³/mol.